The maximum Gasteiger partial charge on any atom is 0.416 e. The minimum absolute atomic E-state index is 0.0109. The first kappa shape index (κ1) is 25.6. The number of alkyl halides is 3. The number of morpholine rings is 1. The van der Waals surface area contributed by atoms with Crippen LogP contribution in [0, 0.1) is 12.7 Å². The molecule has 5 nitrogen and oxygen atoms in total. The third-order valence-electron chi connectivity index (χ3n) is 5.88. The van der Waals surface area contributed by atoms with E-state index in [1.807, 2.05) is 11.8 Å². The van der Waals surface area contributed by atoms with Crippen molar-refractivity contribution in [1.29, 1.82) is 0 Å². The summed E-state index contributed by atoms with van der Waals surface area (Å²) in [5.41, 5.74) is 1.49. The van der Waals surface area contributed by atoms with E-state index in [4.69, 9.17) is 16.3 Å². The average Bonchev–Trinajstić information content (AvgIpc) is 3.24. The highest BCUT2D eigenvalue weighted by atomic mass is 35.5. The Bertz CT molecular complexity index is 1180. The second-order valence-corrected chi connectivity index (χ2v) is 9.36. The highest BCUT2D eigenvalue weighted by Crippen LogP contribution is 2.38. The molecule has 11 heteroatoms. The third kappa shape index (κ3) is 5.66. The zero-order chi connectivity index (χ0) is 25.2. The Morgan fingerprint density at radius 1 is 1.29 bits per heavy atom. The van der Waals surface area contributed by atoms with Gasteiger partial charge in [-0.15, -0.1) is 11.3 Å². The number of nitrogens with one attached hydrogen (secondary N) is 1. The van der Waals surface area contributed by atoms with Gasteiger partial charge in [0.25, 0.3) is 5.91 Å². The van der Waals surface area contributed by atoms with Gasteiger partial charge in [0.05, 0.1) is 46.1 Å². The van der Waals surface area contributed by atoms with Gasteiger partial charge in [-0.2, -0.15) is 13.2 Å². The van der Waals surface area contributed by atoms with Gasteiger partial charge >= 0.3 is 6.18 Å². The quantitative estimate of drug-likeness (QED) is 0.411. The number of amides is 1. The van der Waals surface area contributed by atoms with Crippen LogP contribution in [0.3, 0.4) is 0 Å². The summed E-state index contributed by atoms with van der Waals surface area (Å²) >= 11 is 7.41. The molecule has 0 aliphatic carbocycles. The Morgan fingerprint density at radius 2 is 2.06 bits per heavy atom. The first-order valence-electron chi connectivity index (χ1n) is 10.8. The Hall–Kier alpha value is -2.53. The van der Waals surface area contributed by atoms with Crippen molar-refractivity contribution in [3.8, 4) is 0 Å². The van der Waals surface area contributed by atoms with Crippen LogP contribution in [0.15, 0.2) is 48.0 Å². The van der Waals surface area contributed by atoms with Crippen LogP contribution in [0.4, 0.5) is 17.6 Å². The van der Waals surface area contributed by atoms with Crippen molar-refractivity contribution in [1.82, 2.24) is 15.2 Å². The number of ether oxygens (including phenoxy) is 1. The fourth-order valence-electron chi connectivity index (χ4n) is 4.19. The van der Waals surface area contributed by atoms with Gasteiger partial charge in [0, 0.05) is 24.5 Å². The van der Waals surface area contributed by atoms with E-state index in [0.29, 0.717) is 6.54 Å². The number of aryl methyl sites for hydroxylation is 1. The smallest absolute Gasteiger partial charge is 0.371 e. The molecule has 1 N–H and O–H groups in total. The highest BCUT2D eigenvalue weighted by Gasteiger charge is 2.38. The molecule has 1 saturated heterocycles. The number of nitrogens with zero attached hydrogens (tertiary/aromatic N) is 2. The van der Waals surface area contributed by atoms with E-state index in [9.17, 15) is 22.4 Å². The Kier molecular flexibility index (Phi) is 7.75. The molecule has 0 spiro atoms. The zero-order valence-corrected chi connectivity index (χ0v) is 20.2. The van der Waals surface area contributed by atoms with Crippen molar-refractivity contribution < 1.29 is 27.1 Å². The van der Waals surface area contributed by atoms with Gasteiger partial charge in [-0.1, -0.05) is 35.9 Å². The molecule has 2 atom stereocenters. The number of benzene rings is 2. The number of rotatable bonds is 6. The molecule has 0 bridgehead atoms. The summed E-state index contributed by atoms with van der Waals surface area (Å²) in [5, 5.41) is 2.73. The molecular weight excluding hydrogens is 506 g/mol. The van der Waals surface area contributed by atoms with Crippen LogP contribution in [0.25, 0.3) is 0 Å². The molecule has 1 fully saturated rings. The van der Waals surface area contributed by atoms with Gasteiger partial charge in [0.1, 0.15) is 5.82 Å². The van der Waals surface area contributed by atoms with Crippen LogP contribution in [-0.2, 0) is 10.9 Å². The Labute approximate surface area is 208 Å². The van der Waals surface area contributed by atoms with Gasteiger partial charge in [-0.05, 0) is 30.7 Å². The molecule has 35 heavy (non-hydrogen) atoms. The summed E-state index contributed by atoms with van der Waals surface area (Å²) in [6.07, 6.45) is -5.32. The van der Waals surface area contributed by atoms with E-state index >= 15 is 0 Å². The predicted octanol–water partition coefficient (Wildman–Crippen LogP) is 5.81. The lowest BCUT2D eigenvalue weighted by Gasteiger charge is -2.39. The van der Waals surface area contributed by atoms with Crippen molar-refractivity contribution in [3.05, 3.63) is 86.1 Å². The molecule has 1 aliphatic rings. The van der Waals surface area contributed by atoms with Crippen LogP contribution in [0.2, 0.25) is 5.02 Å². The normalized spacial score (nSPS) is 17.8. The second kappa shape index (κ2) is 10.6. The number of carbonyl (C=O) groups excluding carboxylic acids is 1. The summed E-state index contributed by atoms with van der Waals surface area (Å²) in [5.74, 6) is -1.41. The molecule has 3 aromatic rings. The largest absolute Gasteiger partial charge is 0.416 e. The summed E-state index contributed by atoms with van der Waals surface area (Å²) in [4.78, 5) is 19.9. The Balaban J connectivity index is 1.58. The fraction of sp³-hybridized carbons (Fsp3) is 0.333. The lowest BCUT2D eigenvalue weighted by atomic mass is 9.99. The molecule has 4 rings (SSSR count). The number of thiazole rings is 1. The summed E-state index contributed by atoms with van der Waals surface area (Å²) in [6.45, 7) is 2.72. The van der Waals surface area contributed by atoms with Gasteiger partial charge in [0.15, 0.2) is 0 Å². The van der Waals surface area contributed by atoms with Gasteiger partial charge in [0.2, 0.25) is 0 Å². The molecular formula is C24H22ClF4N3O2S. The van der Waals surface area contributed by atoms with Crippen LogP contribution >= 0.6 is 22.9 Å². The zero-order valence-electron chi connectivity index (χ0n) is 18.6. The van der Waals surface area contributed by atoms with E-state index in [-0.39, 0.29) is 35.8 Å². The van der Waals surface area contributed by atoms with Gasteiger partial charge < -0.3 is 10.1 Å². The van der Waals surface area contributed by atoms with Gasteiger partial charge in [-0.25, -0.2) is 9.37 Å². The number of aromatic nitrogens is 1. The first-order valence-corrected chi connectivity index (χ1v) is 12.1. The van der Waals surface area contributed by atoms with Crippen LogP contribution in [0.5, 0.6) is 0 Å². The SMILES string of the molecule is Cc1ncsc1C(CNC(=O)c1c(F)cccc1Cl)N1CCOC(c2ccccc2C(F)(F)F)C1. The molecule has 1 amide bonds. The topological polar surface area (TPSA) is 54.5 Å². The molecule has 186 valence electrons. The summed E-state index contributed by atoms with van der Waals surface area (Å²) in [6, 6.07) is 8.94. The van der Waals surface area contributed by atoms with Crippen molar-refractivity contribution in [2.75, 3.05) is 26.2 Å². The highest BCUT2D eigenvalue weighted by molar-refractivity contribution is 7.09. The van der Waals surface area contributed by atoms with Crippen LogP contribution < -0.4 is 5.32 Å². The van der Waals surface area contributed by atoms with Crippen LogP contribution in [0.1, 0.15) is 44.2 Å². The van der Waals surface area contributed by atoms with Crippen molar-refractivity contribution in [2.24, 2.45) is 0 Å². The first-order chi connectivity index (χ1) is 16.7. The molecule has 0 saturated carbocycles. The average molecular weight is 528 g/mol. The fourth-order valence-corrected chi connectivity index (χ4v) is 5.37. The molecule has 2 unspecified atom stereocenters. The standard InChI is InChI=1S/C24H22ClF4N3O2S/c1-14-22(35-13-31-14)19(11-30-23(33)21-17(25)7-4-8-18(21)26)32-9-10-34-20(12-32)15-5-2-3-6-16(15)24(27,28)29/h2-8,13,19-20H,9-12H2,1H3,(H,30,33). The van der Waals surface area contributed by atoms with E-state index in [0.717, 1.165) is 22.7 Å². The monoisotopic (exact) mass is 527 g/mol. The molecule has 1 aliphatic heterocycles. The number of halogens is 5. The van der Waals surface area contributed by atoms with Gasteiger partial charge in [-0.3, -0.25) is 9.69 Å². The molecule has 1 aromatic heterocycles. The number of hydrogen-bond acceptors (Lipinski definition) is 5. The third-order valence-corrected chi connectivity index (χ3v) is 7.23. The van der Waals surface area contributed by atoms with E-state index in [1.165, 1.54) is 35.6 Å². The van der Waals surface area contributed by atoms with Crippen molar-refractivity contribution >= 4 is 28.8 Å². The molecule has 2 aromatic carbocycles. The van der Waals surface area contributed by atoms with Crippen molar-refractivity contribution in [2.45, 2.75) is 25.2 Å². The molecule has 0 radical (unpaired) electrons. The lowest BCUT2D eigenvalue weighted by molar-refractivity contribution is -0.140. The Morgan fingerprint density at radius 3 is 2.74 bits per heavy atom. The van der Waals surface area contributed by atoms with E-state index in [1.54, 1.807) is 11.6 Å². The maximum atomic E-state index is 14.2. The van der Waals surface area contributed by atoms with E-state index < -0.39 is 35.6 Å². The minimum Gasteiger partial charge on any atom is -0.371 e. The lowest BCUT2D eigenvalue weighted by Crippen LogP contribution is -2.45. The predicted molar refractivity (Wildman–Crippen MR) is 125 cm³/mol. The number of hydrogen-bond donors (Lipinski definition) is 1. The van der Waals surface area contributed by atoms with Crippen molar-refractivity contribution in [3.63, 3.8) is 0 Å². The van der Waals surface area contributed by atoms with Crippen LogP contribution in [-0.4, -0.2) is 42.0 Å². The summed E-state index contributed by atoms with van der Waals surface area (Å²) in [7, 11) is 0. The second-order valence-electron chi connectivity index (χ2n) is 8.06. The maximum absolute atomic E-state index is 14.2. The van der Waals surface area contributed by atoms with E-state index in [2.05, 4.69) is 10.3 Å². The summed E-state index contributed by atoms with van der Waals surface area (Å²) < 4.78 is 60.8. The molecule has 2 heterocycles. The minimum atomic E-state index is -4.51. The number of carbonyl (C=O) groups is 1.